The van der Waals surface area contributed by atoms with E-state index in [4.69, 9.17) is 15.2 Å². The van der Waals surface area contributed by atoms with Crippen molar-refractivity contribution in [1.82, 2.24) is 15.3 Å². The highest BCUT2D eigenvalue weighted by Crippen LogP contribution is 2.04. The van der Waals surface area contributed by atoms with E-state index in [-0.39, 0.29) is 32.5 Å². The van der Waals surface area contributed by atoms with Crippen LogP contribution in [0.5, 0.6) is 0 Å². The van der Waals surface area contributed by atoms with Crippen LogP contribution in [0.2, 0.25) is 0 Å². The van der Waals surface area contributed by atoms with Gasteiger partial charge in [-0.25, -0.2) is 9.78 Å². The second-order valence-corrected chi connectivity index (χ2v) is 5.03. The van der Waals surface area contributed by atoms with Gasteiger partial charge < -0.3 is 25.5 Å². The molecule has 9 heteroatoms. The molecule has 24 heavy (non-hydrogen) atoms. The number of nitrogens with one attached hydrogen (secondary N) is 2. The molecule has 0 bridgehead atoms. The minimum Gasteiger partial charge on any atom is -0.466 e. The van der Waals surface area contributed by atoms with E-state index in [1.165, 1.54) is 6.33 Å². The molecule has 1 heterocycles. The zero-order chi connectivity index (χ0) is 17.9. The van der Waals surface area contributed by atoms with Gasteiger partial charge in [-0.2, -0.15) is 0 Å². The number of rotatable bonds is 10. The molecule has 2 atom stereocenters. The summed E-state index contributed by atoms with van der Waals surface area (Å²) >= 11 is 0. The summed E-state index contributed by atoms with van der Waals surface area (Å²) in [6.45, 7) is 3.77. The first-order valence-electron chi connectivity index (χ1n) is 7.83. The molecule has 0 saturated carbocycles. The summed E-state index contributed by atoms with van der Waals surface area (Å²) in [6, 6.07) is -1.82. The summed E-state index contributed by atoms with van der Waals surface area (Å²) in [5, 5.41) is 2.53. The number of ether oxygens (including phenoxy) is 2. The molecule has 0 radical (unpaired) electrons. The lowest BCUT2D eigenvalue weighted by molar-refractivity contribution is -0.149. The first kappa shape index (κ1) is 19.6. The third-order valence-corrected chi connectivity index (χ3v) is 3.15. The predicted molar refractivity (Wildman–Crippen MR) is 84.7 cm³/mol. The van der Waals surface area contributed by atoms with Gasteiger partial charge in [0.25, 0.3) is 0 Å². The lowest BCUT2D eigenvalue weighted by Crippen LogP contribution is -2.49. The van der Waals surface area contributed by atoms with Gasteiger partial charge in [-0.05, 0) is 20.3 Å². The van der Waals surface area contributed by atoms with E-state index in [1.807, 2.05) is 0 Å². The Labute approximate surface area is 140 Å². The first-order chi connectivity index (χ1) is 11.5. The van der Waals surface area contributed by atoms with Crippen LogP contribution in [0.4, 0.5) is 0 Å². The van der Waals surface area contributed by atoms with Gasteiger partial charge in [0.2, 0.25) is 5.91 Å². The van der Waals surface area contributed by atoms with Gasteiger partial charge in [0.15, 0.2) is 0 Å². The van der Waals surface area contributed by atoms with Crippen LogP contribution in [0.3, 0.4) is 0 Å². The number of nitrogens with two attached hydrogens (primary N) is 1. The van der Waals surface area contributed by atoms with Gasteiger partial charge >= 0.3 is 11.9 Å². The molecule has 134 valence electrons. The molecule has 1 aromatic heterocycles. The van der Waals surface area contributed by atoms with E-state index in [0.29, 0.717) is 5.69 Å². The molecule has 0 aromatic carbocycles. The summed E-state index contributed by atoms with van der Waals surface area (Å²) in [4.78, 5) is 42.3. The zero-order valence-corrected chi connectivity index (χ0v) is 13.9. The highest BCUT2D eigenvalue weighted by molar-refractivity contribution is 5.87. The third-order valence-electron chi connectivity index (χ3n) is 3.15. The van der Waals surface area contributed by atoms with Crippen molar-refractivity contribution in [2.24, 2.45) is 5.73 Å². The Morgan fingerprint density at radius 2 is 2.00 bits per heavy atom. The molecule has 0 spiro atoms. The molecule has 9 nitrogen and oxygen atoms in total. The average molecular weight is 340 g/mol. The van der Waals surface area contributed by atoms with Crippen LogP contribution < -0.4 is 11.1 Å². The Bertz CT molecular complexity index is 532. The molecule has 0 aliphatic carbocycles. The summed E-state index contributed by atoms with van der Waals surface area (Å²) in [7, 11) is 0. The lowest BCUT2D eigenvalue weighted by Gasteiger charge is -2.19. The van der Waals surface area contributed by atoms with E-state index in [2.05, 4.69) is 15.3 Å². The van der Waals surface area contributed by atoms with Gasteiger partial charge in [-0.3, -0.25) is 9.59 Å². The standard InChI is InChI=1S/C15H24N4O5/c1-3-23-13(20)6-5-12(15(22)24-4-2)19-14(21)11(16)7-10-8-17-9-18-10/h8-9,11-12H,3-7,16H2,1-2H3,(H,17,18)(H,19,21). The normalized spacial score (nSPS) is 13.0. The summed E-state index contributed by atoms with van der Waals surface area (Å²) in [5.74, 6) is -1.57. The van der Waals surface area contributed by atoms with Gasteiger partial charge in [0.1, 0.15) is 6.04 Å². The molecular weight excluding hydrogens is 316 g/mol. The Morgan fingerprint density at radius 1 is 1.29 bits per heavy atom. The predicted octanol–water partition coefficient (Wildman–Crippen LogP) is -0.329. The number of amides is 1. The van der Waals surface area contributed by atoms with E-state index in [0.717, 1.165) is 0 Å². The van der Waals surface area contributed by atoms with Gasteiger partial charge in [0.05, 0.1) is 31.3 Å². The van der Waals surface area contributed by atoms with E-state index >= 15 is 0 Å². The number of aromatic nitrogens is 2. The molecule has 2 unspecified atom stereocenters. The molecular formula is C15H24N4O5. The minimum atomic E-state index is -0.952. The molecule has 0 aliphatic heterocycles. The maximum absolute atomic E-state index is 12.2. The van der Waals surface area contributed by atoms with Crippen molar-refractivity contribution in [3.8, 4) is 0 Å². The first-order valence-corrected chi connectivity index (χ1v) is 7.83. The monoisotopic (exact) mass is 340 g/mol. The number of esters is 2. The Hall–Kier alpha value is -2.42. The zero-order valence-electron chi connectivity index (χ0n) is 13.9. The fraction of sp³-hybridized carbons (Fsp3) is 0.600. The molecule has 1 aromatic rings. The number of carbonyl (C=O) groups is 3. The number of hydrogen-bond acceptors (Lipinski definition) is 7. The third kappa shape index (κ3) is 6.78. The van der Waals surface area contributed by atoms with Crippen molar-refractivity contribution < 1.29 is 23.9 Å². The fourth-order valence-electron chi connectivity index (χ4n) is 1.99. The quantitative estimate of drug-likeness (QED) is 0.496. The van der Waals surface area contributed by atoms with Crippen molar-refractivity contribution >= 4 is 17.8 Å². The van der Waals surface area contributed by atoms with Gasteiger partial charge in [-0.1, -0.05) is 0 Å². The summed E-state index contributed by atoms with van der Waals surface area (Å²) in [6.07, 6.45) is 3.42. The number of carbonyl (C=O) groups excluding carboxylic acids is 3. The van der Waals surface area contributed by atoms with Crippen LogP contribution in [-0.2, 0) is 30.3 Å². The maximum Gasteiger partial charge on any atom is 0.328 e. The molecule has 1 amide bonds. The maximum atomic E-state index is 12.2. The van der Waals surface area contributed by atoms with Crippen LogP contribution in [0.25, 0.3) is 0 Å². The van der Waals surface area contributed by atoms with Crippen molar-refractivity contribution in [1.29, 1.82) is 0 Å². The highest BCUT2D eigenvalue weighted by atomic mass is 16.5. The Kier molecular flexibility index (Phi) is 8.48. The van der Waals surface area contributed by atoms with Crippen LogP contribution in [0, 0.1) is 0 Å². The van der Waals surface area contributed by atoms with Crippen LogP contribution in [-0.4, -0.2) is 53.1 Å². The van der Waals surface area contributed by atoms with Crippen LogP contribution >= 0.6 is 0 Å². The van der Waals surface area contributed by atoms with Gasteiger partial charge in [-0.15, -0.1) is 0 Å². The highest BCUT2D eigenvalue weighted by Gasteiger charge is 2.26. The number of nitrogens with zero attached hydrogens (tertiary/aromatic N) is 1. The van der Waals surface area contributed by atoms with Crippen molar-refractivity contribution in [3.05, 3.63) is 18.2 Å². The largest absolute Gasteiger partial charge is 0.466 e. The van der Waals surface area contributed by atoms with E-state index in [9.17, 15) is 14.4 Å². The van der Waals surface area contributed by atoms with E-state index in [1.54, 1.807) is 20.0 Å². The topological polar surface area (TPSA) is 136 Å². The van der Waals surface area contributed by atoms with E-state index < -0.39 is 29.9 Å². The fourth-order valence-corrected chi connectivity index (χ4v) is 1.99. The summed E-state index contributed by atoms with van der Waals surface area (Å²) < 4.78 is 9.73. The molecule has 0 aliphatic rings. The smallest absolute Gasteiger partial charge is 0.328 e. The minimum absolute atomic E-state index is 0.00773. The number of aromatic amines is 1. The number of imidazole rings is 1. The van der Waals surface area contributed by atoms with Crippen LogP contribution in [0.1, 0.15) is 32.4 Å². The summed E-state index contributed by atoms with van der Waals surface area (Å²) in [5.41, 5.74) is 6.46. The van der Waals surface area contributed by atoms with Gasteiger partial charge in [0, 0.05) is 19.0 Å². The number of hydrogen-bond donors (Lipinski definition) is 3. The average Bonchev–Trinajstić information content (AvgIpc) is 3.04. The Balaban J connectivity index is 2.59. The molecule has 0 saturated heterocycles. The molecule has 4 N–H and O–H groups in total. The van der Waals surface area contributed by atoms with Crippen molar-refractivity contribution in [2.75, 3.05) is 13.2 Å². The van der Waals surface area contributed by atoms with Crippen LogP contribution in [0.15, 0.2) is 12.5 Å². The Morgan fingerprint density at radius 3 is 2.58 bits per heavy atom. The lowest BCUT2D eigenvalue weighted by atomic mass is 10.1. The second-order valence-electron chi connectivity index (χ2n) is 5.03. The SMILES string of the molecule is CCOC(=O)CCC(NC(=O)C(N)Cc1c[nH]cn1)C(=O)OCC. The number of H-pyrrole nitrogens is 1. The van der Waals surface area contributed by atoms with Crippen molar-refractivity contribution in [3.63, 3.8) is 0 Å². The molecule has 1 rings (SSSR count). The van der Waals surface area contributed by atoms with Crippen molar-refractivity contribution in [2.45, 2.75) is 45.2 Å². The second kappa shape index (κ2) is 10.4. The molecule has 0 fully saturated rings.